The molecule has 0 aliphatic rings. The Bertz CT molecular complexity index is 659. The molecule has 0 radical (unpaired) electrons. The first-order valence-corrected chi connectivity index (χ1v) is 8.28. The molecule has 0 spiro atoms. The Labute approximate surface area is 125 Å². The number of methoxy groups -OCH3 is 1. The molecular formula is C15H16O3S2. The number of ketones is 1. The number of thiophene rings is 1. The highest BCUT2D eigenvalue weighted by Crippen LogP contribution is 2.24. The summed E-state index contributed by atoms with van der Waals surface area (Å²) in [5.74, 6) is 0.449. The molecule has 0 saturated heterocycles. The van der Waals surface area contributed by atoms with E-state index in [2.05, 4.69) is 0 Å². The van der Waals surface area contributed by atoms with Crippen LogP contribution in [0.4, 0.5) is 0 Å². The molecule has 0 amide bonds. The highest BCUT2D eigenvalue weighted by Gasteiger charge is 2.18. The smallest absolute Gasteiger partial charge is 0.176 e. The summed E-state index contributed by atoms with van der Waals surface area (Å²) in [4.78, 5) is 14.9. The molecule has 106 valence electrons. The van der Waals surface area contributed by atoms with Crippen molar-refractivity contribution in [3.8, 4) is 5.75 Å². The minimum Gasteiger partial charge on any atom is -0.495 e. The van der Waals surface area contributed by atoms with Crippen molar-refractivity contribution in [1.29, 1.82) is 0 Å². The lowest BCUT2D eigenvalue weighted by Gasteiger charge is -2.07. The third-order valence-electron chi connectivity index (χ3n) is 2.92. The van der Waals surface area contributed by atoms with E-state index in [1.807, 2.05) is 26.0 Å². The van der Waals surface area contributed by atoms with Crippen LogP contribution in [-0.2, 0) is 10.8 Å². The van der Waals surface area contributed by atoms with E-state index in [1.54, 1.807) is 29.5 Å². The van der Waals surface area contributed by atoms with Crippen molar-refractivity contribution < 1.29 is 13.7 Å². The van der Waals surface area contributed by atoms with Gasteiger partial charge in [-0.15, -0.1) is 11.3 Å². The van der Waals surface area contributed by atoms with Crippen LogP contribution in [0.25, 0.3) is 0 Å². The van der Waals surface area contributed by atoms with E-state index in [0.717, 1.165) is 9.75 Å². The van der Waals surface area contributed by atoms with E-state index in [-0.39, 0.29) is 11.5 Å². The van der Waals surface area contributed by atoms with Gasteiger partial charge in [0.05, 0.1) is 28.6 Å². The second kappa shape index (κ2) is 6.33. The fourth-order valence-electron chi connectivity index (χ4n) is 1.99. The number of para-hydroxylation sites is 1. The van der Waals surface area contributed by atoms with Gasteiger partial charge in [-0.1, -0.05) is 12.1 Å². The number of Topliss-reactive ketones (excluding diaryl/α,β-unsaturated/α-hetero) is 1. The number of rotatable bonds is 5. The van der Waals surface area contributed by atoms with Gasteiger partial charge in [-0.05, 0) is 32.0 Å². The minimum absolute atomic E-state index is 0.0165. The van der Waals surface area contributed by atoms with Gasteiger partial charge >= 0.3 is 0 Å². The largest absolute Gasteiger partial charge is 0.495 e. The van der Waals surface area contributed by atoms with Crippen LogP contribution < -0.4 is 4.74 Å². The third kappa shape index (κ3) is 3.16. The normalized spacial score (nSPS) is 12.2. The van der Waals surface area contributed by atoms with Crippen LogP contribution in [-0.4, -0.2) is 22.9 Å². The maximum atomic E-state index is 12.3. The lowest BCUT2D eigenvalue weighted by Crippen LogP contribution is -2.12. The van der Waals surface area contributed by atoms with Crippen LogP contribution in [0.1, 0.15) is 20.1 Å². The predicted octanol–water partition coefficient (Wildman–Crippen LogP) is 3.36. The first kappa shape index (κ1) is 14.9. The molecule has 1 aromatic carbocycles. The van der Waals surface area contributed by atoms with Gasteiger partial charge < -0.3 is 4.74 Å². The maximum absolute atomic E-state index is 12.3. The fourth-order valence-corrected chi connectivity index (χ4v) is 4.09. The van der Waals surface area contributed by atoms with Gasteiger partial charge in [0, 0.05) is 15.3 Å². The molecule has 0 aliphatic heterocycles. The lowest BCUT2D eigenvalue weighted by molar-refractivity contribution is 0.102. The van der Waals surface area contributed by atoms with Gasteiger partial charge in [-0.3, -0.25) is 9.00 Å². The molecule has 0 bridgehead atoms. The lowest BCUT2D eigenvalue weighted by atomic mass is 10.2. The van der Waals surface area contributed by atoms with E-state index in [1.165, 1.54) is 7.11 Å². The average Bonchev–Trinajstić information content (AvgIpc) is 2.77. The van der Waals surface area contributed by atoms with Gasteiger partial charge in [0.25, 0.3) is 0 Å². The standard InChI is InChI=1S/C15H16O3S2/c1-10-8-12(11(2)19-10)13(16)9-20(17)15-7-5-4-6-14(15)18-3/h4-8H,9H2,1-3H3. The van der Waals surface area contributed by atoms with Crippen LogP contribution in [0.15, 0.2) is 35.2 Å². The van der Waals surface area contributed by atoms with Gasteiger partial charge in [-0.2, -0.15) is 0 Å². The SMILES string of the molecule is COc1ccccc1S(=O)CC(=O)c1cc(C)sc1C. The molecule has 0 saturated carbocycles. The molecule has 2 aromatic rings. The molecule has 1 heterocycles. The summed E-state index contributed by atoms with van der Waals surface area (Å²) >= 11 is 1.58. The number of hydrogen-bond donors (Lipinski definition) is 0. The summed E-state index contributed by atoms with van der Waals surface area (Å²) in [6, 6.07) is 8.95. The Balaban J connectivity index is 2.19. The maximum Gasteiger partial charge on any atom is 0.176 e. The molecule has 1 atom stereocenters. The molecule has 0 fully saturated rings. The van der Waals surface area contributed by atoms with Gasteiger partial charge in [0.1, 0.15) is 5.75 Å². The number of carbonyl (C=O) groups excluding carboxylic acids is 1. The molecule has 5 heteroatoms. The average molecular weight is 308 g/mol. The van der Waals surface area contributed by atoms with Gasteiger partial charge in [-0.25, -0.2) is 0 Å². The molecule has 20 heavy (non-hydrogen) atoms. The van der Waals surface area contributed by atoms with Crippen LogP contribution in [0.3, 0.4) is 0 Å². The van der Waals surface area contributed by atoms with E-state index < -0.39 is 10.8 Å². The Morgan fingerprint density at radius 1 is 1.30 bits per heavy atom. The monoisotopic (exact) mass is 308 g/mol. The van der Waals surface area contributed by atoms with Crippen LogP contribution in [0.2, 0.25) is 0 Å². The molecule has 0 aliphatic carbocycles. The second-order valence-corrected chi connectivity index (χ2v) is 7.27. The Kier molecular flexibility index (Phi) is 4.73. The summed E-state index contributed by atoms with van der Waals surface area (Å²) in [5, 5.41) is 0. The molecule has 0 N–H and O–H groups in total. The van der Waals surface area contributed by atoms with Crippen LogP contribution in [0.5, 0.6) is 5.75 Å². The molecule has 3 nitrogen and oxygen atoms in total. The van der Waals surface area contributed by atoms with Crippen LogP contribution in [0, 0.1) is 13.8 Å². The van der Waals surface area contributed by atoms with Crippen molar-refractivity contribution in [2.45, 2.75) is 18.7 Å². The van der Waals surface area contributed by atoms with Crippen molar-refractivity contribution >= 4 is 27.9 Å². The van der Waals surface area contributed by atoms with Crippen molar-refractivity contribution in [3.63, 3.8) is 0 Å². The number of hydrogen-bond acceptors (Lipinski definition) is 4. The summed E-state index contributed by atoms with van der Waals surface area (Å²) in [6.45, 7) is 3.88. The highest BCUT2D eigenvalue weighted by molar-refractivity contribution is 7.86. The topological polar surface area (TPSA) is 43.4 Å². The highest BCUT2D eigenvalue weighted by atomic mass is 32.2. The van der Waals surface area contributed by atoms with Crippen molar-refractivity contribution in [1.82, 2.24) is 0 Å². The predicted molar refractivity (Wildman–Crippen MR) is 82.4 cm³/mol. The Hall–Kier alpha value is -1.46. The third-order valence-corrected chi connectivity index (χ3v) is 5.24. The van der Waals surface area contributed by atoms with E-state index in [9.17, 15) is 9.00 Å². The van der Waals surface area contributed by atoms with Crippen molar-refractivity contribution in [3.05, 3.63) is 45.6 Å². The zero-order chi connectivity index (χ0) is 14.7. The number of carbonyl (C=O) groups is 1. The molecule has 2 rings (SSSR count). The molecular weight excluding hydrogens is 292 g/mol. The summed E-state index contributed by atoms with van der Waals surface area (Å²) < 4.78 is 17.5. The number of benzene rings is 1. The van der Waals surface area contributed by atoms with Crippen LogP contribution >= 0.6 is 11.3 Å². The Morgan fingerprint density at radius 3 is 2.60 bits per heavy atom. The van der Waals surface area contributed by atoms with E-state index in [4.69, 9.17) is 4.74 Å². The first-order valence-electron chi connectivity index (χ1n) is 6.14. The fraction of sp³-hybridized carbons (Fsp3) is 0.267. The summed E-state index contributed by atoms with van der Waals surface area (Å²) in [5.41, 5.74) is 0.677. The molecule has 1 aromatic heterocycles. The van der Waals surface area contributed by atoms with Crippen molar-refractivity contribution in [2.24, 2.45) is 0 Å². The van der Waals surface area contributed by atoms with Gasteiger partial charge in [0.15, 0.2) is 5.78 Å². The second-order valence-electron chi connectivity index (χ2n) is 4.39. The molecule has 1 unspecified atom stereocenters. The Morgan fingerprint density at radius 2 is 2.00 bits per heavy atom. The quantitative estimate of drug-likeness (QED) is 0.796. The number of ether oxygens (including phenoxy) is 1. The van der Waals surface area contributed by atoms with Crippen molar-refractivity contribution in [2.75, 3.05) is 12.9 Å². The van der Waals surface area contributed by atoms with E-state index >= 15 is 0 Å². The zero-order valence-electron chi connectivity index (χ0n) is 11.6. The summed E-state index contributed by atoms with van der Waals surface area (Å²) in [7, 11) is 0.138. The number of aryl methyl sites for hydroxylation is 2. The first-order chi connectivity index (χ1) is 9.52. The van der Waals surface area contributed by atoms with Gasteiger partial charge in [0.2, 0.25) is 0 Å². The van der Waals surface area contributed by atoms with E-state index in [0.29, 0.717) is 16.2 Å². The summed E-state index contributed by atoms with van der Waals surface area (Å²) in [6.07, 6.45) is 0. The minimum atomic E-state index is -1.39. The zero-order valence-corrected chi connectivity index (χ0v) is 13.3.